The average molecular weight is 328 g/mol. The SMILES string of the molecule is Cc1cc(NC(=O)CN2CCCC(c3ccnc(C)n3)C2)n(C)n1. The predicted molar refractivity (Wildman–Crippen MR) is 91.8 cm³/mol. The number of aromatic nitrogens is 4. The van der Waals surface area contributed by atoms with Crippen molar-refractivity contribution in [2.45, 2.75) is 32.6 Å². The predicted octanol–water partition coefficient (Wildman–Crippen LogP) is 1.65. The Bertz CT molecular complexity index is 726. The van der Waals surface area contributed by atoms with Gasteiger partial charge in [-0.15, -0.1) is 0 Å². The Morgan fingerprint density at radius 1 is 1.42 bits per heavy atom. The average Bonchev–Trinajstić information content (AvgIpc) is 2.85. The van der Waals surface area contributed by atoms with Crippen LogP contribution in [0.4, 0.5) is 5.82 Å². The molecule has 24 heavy (non-hydrogen) atoms. The zero-order valence-corrected chi connectivity index (χ0v) is 14.5. The molecule has 1 N–H and O–H groups in total. The number of amides is 1. The molecule has 1 fully saturated rings. The highest BCUT2D eigenvalue weighted by Gasteiger charge is 2.24. The number of aryl methyl sites for hydroxylation is 3. The van der Waals surface area contributed by atoms with Crippen molar-refractivity contribution in [3.8, 4) is 0 Å². The molecule has 0 saturated carbocycles. The molecule has 3 rings (SSSR count). The second-order valence-corrected chi connectivity index (χ2v) is 6.45. The molecule has 1 atom stereocenters. The third-order valence-electron chi connectivity index (χ3n) is 4.36. The molecule has 0 aliphatic carbocycles. The van der Waals surface area contributed by atoms with Crippen LogP contribution in [0.5, 0.6) is 0 Å². The second kappa shape index (κ2) is 7.09. The Morgan fingerprint density at radius 2 is 2.25 bits per heavy atom. The molecule has 128 valence electrons. The second-order valence-electron chi connectivity index (χ2n) is 6.45. The van der Waals surface area contributed by atoms with Crippen LogP contribution in [0.3, 0.4) is 0 Å². The Hall–Kier alpha value is -2.28. The zero-order chi connectivity index (χ0) is 17.1. The number of nitrogens with zero attached hydrogens (tertiary/aromatic N) is 5. The van der Waals surface area contributed by atoms with E-state index in [1.807, 2.05) is 39.2 Å². The highest BCUT2D eigenvalue weighted by molar-refractivity contribution is 5.91. The molecule has 1 aliphatic heterocycles. The third-order valence-corrected chi connectivity index (χ3v) is 4.36. The molecule has 1 amide bonds. The van der Waals surface area contributed by atoms with Crippen molar-refractivity contribution in [2.24, 2.45) is 7.05 Å². The highest BCUT2D eigenvalue weighted by atomic mass is 16.2. The van der Waals surface area contributed by atoms with Crippen LogP contribution >= 0.6 is 0 Å². The molecular formula is C17H24N6O. The van der Waals surface area contributed by atoms with Gasteiger partial charge < -0.3 is 5.32 Å². The Kier molecular flexibility index (Phi) is 4.89. The Balaban J connectivity index is 1.59. The maximum Gasteiger partial charge on any atom is 0.239 e. The van der Waals surface area contributed by atoms with E-state index in [9.17, 15) is 4.79 Å². The summed E-state index contributed by atoms with van der Waals surface area (Å²) in [5.74, 6) is 1.90. The van der Waals surface area contributed by atoms with Crippen LogP contribution in [0, 0.1) is 13.8 Å². The number of anilines is 1. The van der Waals surface area contributed by atoms with E-state index in [0.717, 1.165) is 49.0 Å². The molecule has 0 aromatic carbocycles. The summed E-state index contributed by atoms with van der Waals surface area (Å²) in [4.78, 5) is 23.2. The van der Waals surface area contributed by atoms with E-state index in [4.69, 9.17) is 0 Å². The van der Waals surface area contributed by atoms with Crippen molar-refractivity contribution in [3.63, 3.8) is 0 Å². The van der Waals surface area contributed by atoms with Gasteiger partial charge >= 0.3 is 0 Å². The lowest BCUT2D eigenvalue weighted by Gasteiger charge is -2.31. The van der Waals surface area contributed by atoms with Gasteiger partial charge in [0.05, 0.1) is 12.2 Å². The van der Waals surface area contributed by atoms with Crippen molar-refractivity contribution >= 4 is 11.7 Å². The van der Waals surface area contributed by atoms with E-state index in [0.29, 0.717) is 12.5 Å². The molecule has 1 aliphatic rings. The van der Waals surface area contributed by atoms with Crippen molar-refractivity contribution in [1.29, 1.82) is 0 Å². The molecule has 2 aromatic heterocycles. The molecular weight excluding hydrogens is 304 g/mol. The van der Waals surface area contributed by atoms with Crippen molar-refractivity contribution in [3.05, 3.63) is 35.5 Å². The van der Waals surface area contributed by atoms with Crippen LogP contribution in [0.2, 0.25) is 0 Å². The van der Waals surface area contributed by atoms with Crippen LogP contribution in [0.1, 0.15) is 36.0 Å². The molecule has 2 aromatic rings. The number of carbonyl (C=O) groups excluding carboxylic acids is 1. The van der Waals surface area contributed by atoms with E-state index < -0.39 is 0 Å². The maximum atomic E-state index is 12.3. The van der Waals surface area contributed by atoms with E-state index in [1.54, 1.807) is 4.68 Å². The summed E-state index contributed by atoms with van der Waals surface area (Å²) in [5.41, 5.74) is 1.97. The van der Waals surface area contributed by atoms with E-state index in [2.05, 4.69) is 25.3 Å². The molecule has 7 heteroatoms. The molecule has 0 bridgehead atoms. The minimum absolute atomic E-state index is 0.00230. The topological polar surface area (TPSA) is 75.9 Å². The van der Waals surface area contributed by atoms with Crippen LogP contribution in [0.15, 0.2) is 18.3 Å². The fourth-order valence-corrected chi connectivity index (χ4v) is 3.26. The third kappa shape index (κ3) is 3.97. The monoisotopic (exact) mass is 328 g/mol. The Morgan fingerprint density at radius 3 is 2.96 bits per heavy atom. The van der Waals surface area contributed by atoms with Crippen LogP contribution in [-0.4, -0.2) is 50.2 Å². The molecule has 1 unspecified atom stereocenters. The van der Waals surface area contributed by atoms with Crippen LogP contribution in [-0.2, 0) is 11.8 Å². The minimum atomic E-state index is -0.00230. The Labute approximate surface area is 142 Å². The number of hydrogen-bond acceptors (Lipinski definition) is 5. The number of likely N-dealkylation sites (tertiary alicyclic amines) is 1. The van der Waals surface area contributed by atoms with Crippen LogP contribution in [0.25, 0.3) is 0 Å². The molecule has 3 heterocycles. The van der Waals surface area contributed by atoms with E-state index in [1.165, 1.54) is 0 Å². The summed E-state index contributed by atoms with van der Waals surface area (Å²) in [6.45, 7) is 6.01. The smallest absolute Gasteiger partial charge is 0.239 e. The largest absolute Gasteiger partial charge is 0.310 e. The molecule has 7 nitrogen and oxygen atoms in total. The first-order chi connectivity index (χ1) is 11.5. The van der Waals surface area contributed by atoms with Gasteiger partial charge in [-0.05, 0) is 39.3 Å². The molecule has 0 spiro atoms. The van der Waals surface area contributed by atoms with Gasteiger partial charge in [-0.2, -0.15) is 5.10 Å². The van der Waals surface area contributed by atoms with Crippen molar-refractivity contribution in [2.75, 3.05) is 25.0 Å². The maximum absolute atomic E-state index is 12.3. The number of carbonyl (C=O) groups is 1. The summed E-state index contributed by atoms with van der Waals surface area (Å²) in [6.07, 6.45) is 4.00. The van der Waals surface area contributed by atoms with Gasteiger partial charge in [-0.1, -0.05) is 0 Å². The van der Waals surface area contributed by atoms with Gasteiger partial charge in [0.25, 0.3) is 0 Å². The molecule has 1 saturated heterocycles. The number of nitrogens with one attached hydrogen (secondary N) is 1. The normalized spacial score (nSPS) is 18.5. The summed E-state index contributed by atoms with van der Waals surface area (Å²) >= 11 is 0. The fourth-order valence-electron chi connectivity index (χ4n) is 3.26. The van der Waals surface area contributed by atoms with Gasteiger partial charge in [0.2, 0.25) is 5.91 Å². The summed E-state index contributed by atoms with van der Waals surface area (Å²) in [5, 5.41) is 7.18. The van der Waals surface area contributed by atoms with E-state index >= 15 is 0 Å². The van der Waals surface area contributed by atoms with Crippen molar-refractivity contribution < 1.29 is 4.79 Å². The number of piperidine rings is 1. The lowest BCUT2D eigenvalue weighted by Crippen LogP contribution is -2.40. The lowest BCUT2D eigenvalue weighted by atomic mass is 9.94. The first-order valence-corrected chi connectivity index (χ1v) is 8.33. The van der Waals surface area contributed by atoms with Gasteiger partial charge in [0.15, 0.2) is 0 Å². The zero-order valence-electron chi connectivity index (χ0n) is 14.5. The summed E-state index contributed by atoms with van der Waals surface area (Å²) < 4.78 is 1.69. The van der Waals surface area contributed by atoms with Crippen LogP contribution < -0.4 is 5.32 Å². The summed E-state index contributed by atoms with van der Waals surface area (Å²) in [6, 6.07) is 3.86. The first kappa shape index (κ1) is 16.6. The number of rotatable bonds is 4. The number of hydrogen-bond donors (Lipinski definition) is 1. The quantitative estimate of drug-likeness (QED) is 0.923. The fraction of sp³-hybridized carbons (Fsp3) is 0.529. The van der Waals surface area contributed by atoms with Gasteiger partial charge in [-0.3, -0.25) is 14.4 Å². The van der Waals surface area contributed by atoms with E-state index in [-0.39, 0.29) is 5.91 Å². The summed E-state index contributed by atoms with van der Waals surface area (Å²) in [7, 11) is 1.83. The van der Waals surface area contributed by atoms with Gasteiger partial charge in [0.1, 0.15) is 11.6 Å². The first-order valence-electron chi connectivity index (χ1n) is 8.33. The minimum Gasteiger partial charge on any atom is -0.310 e. The van der Waals surface area contributed by atoms with Gasteiger partial charge in [0, 0.05) is 37.5 Å². The van der Waals surface area contributed by atoms with Gasteiger partial charge in [-0.25, -0.2) is 9.97 Å². The van der Waals surface area contributed by atoms with Crippen molar-refractivity contribution in [1.82, 2.24) is 24.6 Å². The lowest BCUT2D eigenvalue weighted by molar-refractivity contribution is -0.117. The molecule has 0 radical (unpaired) electrons. The highest BCUT2D eigenvalue weighted by Crippen LogP contribution is 2.25. The standard InChI is InChI=1S/C17H24N6O/c1-12-9-16(22(3)21-12)20-17(24)11-23-8-4-5-14(10-23)15-6-7-18-13(2)19-15/h6-7,9,14H,4-5,8,10-11H2,1-3H3,(H,20,24).